The van der Waals surface area contributed by atoms with Crippen molar-refractivity contribution >= 4 is 0 Å². The first-order valence-electron chi connectivity index (χ1n) is 6.79. The molecule has 0 aliphatic carbocycles. The first kappa shape index (κ1) is 15.1. The minimum Gasteiger partial charge on any atom is -0.406 e. The molecule has 2 N–H and O–H groups in total. The third-order valence-electron chi connectivity index (χ3n) is 3.55. The summed E-state index contributed by atoms with van der Waals surface area (Å²) in [5.41, 5.74) is 6.76. The van der Waals surface area contributed by atoms with Gasteiger partial charge in [0.15, 0.2) is 0 Å². The van der Waals surface area contributed by atoms with Crippen molar-refractivity contribution in [1.82, 2.24) is 4.90 Å². The minimum atomic E-state index is -4.65. The third kappa shape index (κ3) is 4.11. The fraction of sp³-hybridized carbons (Fsp3) is 0.571. The quantitative estimate of drug-likeness (QED) is 0.925. The van der Waals surface area contributed by atoms with Crippen molar-refractivity contribution in [3.05, 3.63) is 29.8 Å². The molecule has 1 saturated heterocycles. The molecule has 1 aromatic rings. The molecule has 1 heterocycles. The van der Waals surface area contributed by atoms with Gasteiger partial charge in [0, 0.05) is 12.6 Å². The number of piperidine rings is 1. The molecule has 1 aliphatic heterocycles. The van der Waals surface area contributed by atoms with Gasteiger partial charge in [-0.05, 0) is 43.6 Å². The maximum atomic E-state index is 12.1. The summed E-state index contributed by atoms with van der Waals surface area (Å²) in [6, 6.07) is 6.07. The third-order valence-corrected chi connectivity index (χ3v) is 3.55. The summed E-state index contributed by atoms with van der Waals surface area (Å²) in [5, 5.41) is 0. The Morgan fingerprint density at radius 2 is 1.70 bits per heavy atom. The zero-order valence-electron chi connectivity index (χ0n) is 11.2. The van der Waals surface area contributed by atoms with Gasteiger partial charge in [-0.25, -0.2) is 0 Å². The Balaban J connectivity index is 2.06. The highest BCUT2D eigenvalue weighted by molar-refractivity contribution is 5.29. The average molecular weight is 288 g/mol. The zero-order valence-corrected chi connectivity index (χ0v) is 11.2. The predicted molar refractivity (Wildman–Crippen MR) is 70.3 cm³/mol. The number of benzene rings is 1. The number of nitrogens with zero attached hydrogens (tertiary/aromatic N) is 1. The number of hydrogen-bond donors (Lipinski definition) is 1. The summed E-state index contributed by atoms with van der Waals surface area (Å²) in [7, 11) is 0. The van der Waals surface area contributed by atoms with Crippen LogP contribution in [0, 0.1) is 0 Å². The molecule has 0 aromatic heterocycles. The lowest BCUT2D eigenvalue weighted by atomic mass is 10.0. The number of hydrogen-bond acceptors (Lipinski definition) is 3. The number of rotatable bonds is 4. The lowest BCUT2D eigenvalue weighted by Gasteiger charge is -2.34. The molecule has 0 bridgehead atoms. The van der Waals surface area contributed by atoms with Crippen LogP contribution in [0.1, 0.15) is 30.9 Å². The van der Waals surface area contributed by atoms with Gasteiger partial charge in [0.1, 0.15) is 5.75 Å². The van der Waals surface area contributed by atoms with E-state index in [4.69, 9.17) is 5.73 Å². The van der Waals surface area contributed by atoms with Crippen molar-refractivity contribution in [3.8, 4) is 5.75 Å². The van der Waals surface area contributed by atoms with Gasteiger partial charge in [-0.1, -0.05) is 18.6 Å². The van der Waals surface area contributed by atoms with E-state index in [2.05, 4.69) is 9.64 Å². The molecule has 1 unspecified atom stereocenters. The summed E-state index contributed by atoms with van der Waals surface area (Å²) in [6.07, 6.45) is -1.13. The number of likely N-dealkylation sites (tertiary alicyclic amines) is 1. The Morgan fingerprint density at radius 1 is 1.10 bits per heavy atom. The Hall–Kier alpha value is -1.27. The van der Waals surface area contributed by atoms with Crippen molar-refractivity contribution in [2.24, 2.45) is 5.73 Å². The van der Waals surface area contributed by atoms with Crippen LogP contribution in [0.4, 0.5) is 13.2 Å². The van der Waals surface area contributed by atoms with Crippen LogP contribution in [0.25, 0.3) is 0 Å². The standard InChI is InChI=1S/C14H19F3N2O/c15-14(16,17)20-12-6-4-11(5-7-12)13(10-18)19-8-2-1-3-9-19/h4-7,13H,1-3,8-10,18H2. The molecule has 1 aliphatic rings. The van der Waals surface area contributed by atoms with Crippen molar-refractivity contribution in [1.29, 1.82) is 0 Å². The van der Waals surface area contributed by atoms with Gasteiger partial charge in [0.05, 0.1) is 0 Å². The average Bonchev–Trinajstić information content (AvgIpc) is 2.41. The molecule has 0 saturated carbocycles. The number of alkyl halides is 3. The van der Waals surface area contributed by atoms with Crippen LogP contribution < -0.4 is 10.5 Å². The van der Waals surface area contributed by atoms with E-state index in [9.17, 15) is 13.2 Å². The van der Waals surface area contributed by atoms with E-state index in [1.165, 1.54) is 18.6 Å². The van der Waals surface area contributed by atoms with Gasteiger partial charge in [0.2, 0.25) is 0 Å². The maximum absolute atomic E-state index is 12.1. The van der Waals surface area contributed by atoms with Crippen molar-refractivity contribution in [2.75, 3.05) is 19.6 Å². The summed E-state index contributed by atoms with van der Waals surface area (Å²) < 4.78 is 40.2. The molecule has 0 radical (unpaired) electrons. The minimum absolute atomic E-state index is 0.0650. The second-order valence-corrected chi connectivity index (χ2v) is 4.96. The Morgan fingerprint density at radius 3 is 2.20 bits per heavy atom. The van der Waals surface area contributed by atoms with E-state index in [-0.39, 0.29) is 11.8 Å². The summed E-state index contributed by atoms with van der Waals surface area (Å²) in [5.74, 6) is -0.198. The van der Waals surface area contributed by atoms with Gasteiger partial charge in [0.25, 0.3) is 0 Å². The first-order chi connectivity index (χ1) is 9.49. The van der Waals surface area contributed by atoms with Crippen molar-refractivity contribution in [2.45, 2.75) is 31.7 Å². The van der Waals surface area contributed by atoms with E-state index in [0.717, 1.165) is 31.5 Å². The smallest absolute Gasteiger partial charge is 0.406 e. The van der Waals surface area contributed by atoms with Gasteiger partial charge >= 0.3 is 6.36 Å². The summed E-state index contributed by atoms with van der Waals surface area (Å²) >= 11 is 0. The molecular weight excluding hydrogens is 269 g/mol. The molecule has 1 fully saturated rings. The number of nitrogens with two attached hydrogens (primary N) is 1. The van der Waals surface area contributed by atoms with Crippen molar-refractivity contribution < 1.29 is 17.9 Å². The Kier molecular flexibility index (Phi) is 4.88. The van der Waals surface area contributed by atoms with E-state index in [0.29, 0.717) is 6.54 Å². The lowest BCUT2D eigenvalue weighted by molar-refractivity contribution is -0.274. The fourth-order valence-electron chi connectivity index (χ4n) is 2.62. The van der Waals surface area contributed by atoms with Gasteiger partial charge in [-0.3, -0.25) is 4.90 Å². The monoisotopic (exact) mass is 288 g/mol. The number of ether oxygens (including phenoxy) is 1. The Bertz CT molecular complexity index is 413. The van der Waals surface area contributed by atoms with Crippen LogP contribution in [-0.4, -0.2) is 30.9 Å². The molecular formula is C14H19F3N2O. The van der Waals surface area contributed by atoms with Crippen LogP contribution in [0.5, 0.6) is 5.75 Å². The van der Waals surface area contributed by atoms with Crippen LogP contribution in [0.3, 0.4) is 0 Å². The van der Waals surface area contributed by atoms with E-state index < -0.39 is 6.36 Å². The molecule has 0 spiro atoms. The highest BCUT2D eigenvalue weighted by Crippen LogP contribution is 2.27. The van der Waals surface area contributed by atoms with E-state index in [1.54, 1.807) is 12.1 Å². The molecule has 20 heavy (non-hydrogen) atoms. The van der Waals surface area contributed by atoms with Crippen LogP contribution >= 0.6 is 0 Å². The lowest BCUT2D eigenvalue weighted by Crippen LogP contribution is -2.37. The van der Waals surface area contributed by atoms with Crippen LogP contribution in [0.2, 0.25) is 0 Å². The fourth-order valence-corrected chi connectivity index (χ4v) is 2.62. The van der Waals surface area contributed by atoms with Gasteiger partial charge < -0.3 is 10.5 Å². The maximum Gasteiger partial charge on any atom is 0.573 e. The van der Waals surface area contributed by atoms with E-state index in [1.807, 2.05) is 0 Å². The predicted octanol–water partition coefficient (Wildman–Crippen LogP) is 3.07. The van der Waals surface area contributed by atoms with Crippen LogP contribution in [-0.2, 0) is 0 Å². The second-order valence-electron chi connectivity index (χ2n) is 4.96. The zero-order chi connectivity index (χ0) is 14.6. The summed E-state index contributed by atoms with van der Waals surface area (Å²) in [4.78, 5) is 2.29. The van der Waals surface area contributed by atoms with Crippen molar-refractivity contribution in [3.63, 3.8) is 0 Å². The van der Waals surface area contributed by atoms with Gasteiger partial charge in [-0.15, -0.1) is 13.2 Å². The number of halogens is 3. The Labute approximate surface area is 116 Å². The molecule has 0 amide bonds. The topological polar surface area (TPSA) is 38.5 Å². The molecule has 112 valence electrons. The molecule has 3 nitrogen and oxygen atoms in total. The van der Waals surface area contributed by atoms with E-state index >= 15 is 0 Å². The highest BCUT2D eigenvalue weighted by Gasteiger charge is 2.31. The second kappa shape index (κ2) is 6.45. The first-order valence-corrected chi connectivity index (χ1v) is 6.79. The molecule has 6 heteroatoms. The molecule has 2 rings (SSSR count). The summed E-state index contributed by atoms with van der Waals surface area (Å²) in [6.45, 7) is 2.44. The molecule has 1 atom stereocenters. The normalized spacial score (nSPS) is 18.8. The largest absolute Gasteiger partial charge is 0.573 e. The SMILES string of the molecule is NCC(c1ccc(OC(F)(F)F)cc1)N1CCCCC1. The van der Waals surface area contributed by atoms with Crippen LogP contribution in [0.15, 0.2) is 24.3 Å². The van der Waals surface area contributed by atoms with Gasteiger partial charge in [-0.2, -0.15) is 0 Å². The molecule has 1 aromatic carbocycles. The highest BCUT2D eigenvalue weighted by atomic mass is 19.4.